The van der Waals surface area contributed by atoms with Crippen molar-refractivity contribution in [3.05, 3.63) is 51.7 Å². The molecule has 1 aliphatic rings. The minimum Gasteiger partial charge on any atom is -0.504 e. The van der Waals surface area contributed by atoms with Crippen LogP contribution >= 0.6 is 11.3 Å². The van der Waals surface area contributed by atoms with Crippen molar-refractivity contribution in [1.29, 1.82) is 0 Å². The molecule has 0 radical (unpaired) electrons. The maximum atomic E-state index is 12.5. The molecule has 0 fully saturated rings. The summed E-state index contributed by atoms with van der Waals surface area (Å²) < 4.78 is 11.3. The molecule has 2 aromatic rings. The maximum Gasteiger partial charge on any atom is 0.339 e. The van der Waals surface area contributed by atoms with Crippen molar-refractivity contribution in [2.24, 2.45) is 0 Å². The van der Waals surface area contributed by atoms with Crippen LogP contribution in [0.25, 0.3) is 0 Å². The van der Waals surface area contributed by atoms with Gasteiger partial charge in [0.2, 0.25) is 5.75 Å². The zero-order valence-electron chi connectivity index (χ0n) is 13.9. The third kappa shape index (κ3) is 3.44. The number of Topliss-reactive ketones (excluding diaryl/α,β-unsaturated/α-hetero) is 1. The molecule has 0 amide bonds. The fourth-order valence-corrected chi connectivity index (χ4v) is 3.40. The van der Waals surface area contributed by atoms with Gasteiger partial charge in [0.15, 0.2) is 17.3 Å². The largest absolute Gasteiger partial charge is 0.504 e. The van der Waals surface area contributed by atoms with E-state index in [-0.39, 0.29) is 29.5 Å². The molecule has 5 nitrogen and oxygen atoms in total. The molecule has 1 atom stereocenters. The zero-order chi connectivity index (χ0) is 18.0. The number of phenolic OH excluding ortho intramolecular Hbond substituents is 1. The number of aromatic hydroxyl groups is 1. The second-order valence-electron chi connectivity index (χ2n) is 5.72. The van der Waals surface area contributed by atoms with E-state index in [9.17, 15) is 14.7 Å². The van der Waals surface area contributed by atoms with E-state index in [2.05, 4.69) is 0 Å². The van der Waals surface area contributed by atoms with Crippen molar-refractivity contribution in [3.63, 3.8) is 0 Å². The van der Waals surface area contributed by atoms with Crippen LogP contribution in [0.4, 0.5) is 0 Å². The van der Waals surface area contributed by atoms with E-state index >= 15 is 0 Å². The Kier molecular flexibility index (Phi) is 4.90. The van der Waals surface area contributed by atoms with Crippen LogP contribution in [-0.2, 0) is 4.79 Å². The van der Waals surface area contributed by atoms with Gasteiger partial charge in [0.25, 0.3) is 0 Å². The Balaban J connectivity index is 1.98. The van der Waals surface area contributed by atoms with Gasteiger partial charge in [-0.15, -0.1) is 11.3 Å². The summed E-state index contributed by atoms with van der Waals surface area (Å²) in [7, 11) is 0. The second kappa shape index (κ2) is 7.11. The highest BCUT2D eigenvalue weighted by Gasteiger charge is 2.33. The van der Waals surface area contributed by atoms with Gasteiger partial charge in [0.1, 0.15) is 6.10 Å². The summed E-state index contributed by atoms with van der Waals surface area (Å²) in [6.07, 6.45) is 2.18. The predicted molar refractivity (Wildman–Crippen MR) is 94.4 cm³/mol. The summed E-state index contributed by atoms with van der Waals surface area (Å²) >= 11 is 1.49. The number of ketones is 1. The molecule has 1 unspecified atom stereocenters. The van der Waals surface area contributed by atoms with Crippen LogP contribution in [0.3, 0.4) is 0 Å². The number of fused-ring (bicyclic) bond motifs is 1. The van der Waals surface area contributed by atoms with E-state index < -0.39 is 12.1 Å². The Hall–Kier alpha value is -2.60. The van der Waals surface area contributed by atoms with Crippen molar-refractivity contribution < 1.29 is 24.2 Å². The van der Waals surface area contributed by atoms with Crippen LogP contribution in [0.2, 0.25) is 0 Å². The van der Waals surface area contributed by atoms with E-state index in [0.717, 1.165) is 4.88 Å². The molecular weight excluding hydrogens is 340 g/mol. The van der Waals surface area contributed by atoms with Crippen LogP contribution in [-0.4, -0.2) is 16.9 Å². The first-order valence-corrected chi connectivity index (χ1v) is 8.87. The molecule has 1 N–H and O–H groups in total. The minimum absolute atomic E-state index is 0.110. The number of carbonyl (C=O) groups excluding carboxylic acids is 2. The summed E-state index contributed by atoms with van der Waals surface area (Å²) in [5.41, 5.74) is 0.738. The van der Waals surface area contributed by atoms with Gasteiger partial charge in [-0.25, -0.2) is 4.79 Å². The SMILES string of the molecule is CCC=C(C)C(=O)Oc1c(O)ccc2c1OC(c1cccs1)CC2=O. The Morgan fingerprint density at radius 3 is 2.92 bits per heavy atom. The van der Waals surface area contributed by atoms with E-state index in [1.165, 1.54) is 23.5 Å². The maximum absolute atomic E-state index is 12.5. The average Bonchev–Trinajstić information content (AvgIpc) is 3.12. The molecule has 0 aliphatic carbocycles. The Labute approximate surface area is 149 Å². The Morgan fingerprint density at radius 2 is 2.24 bits per heavy atom. The standard InChI is InChI=1S/C19H18O5S/c1-3-5-11(2)19(22)24-18-13(20)8-7-12-14(21)10-15(23-17(12)18)16-6-4-9-25-16/h4-9,15,20H,3,10H2,1-2H3. The molecule has 25 heavy (non-hydrogen) atoms. The first-order chi connectivity index (χ1) is 12.0. The molecule has 6 heteroatoms. The third-order valence-electron chi connectivity index (χ3n) is 3.91. The molecule has 3 rings (SSSR count). The highest BCUT2D eigenvalue weighted by atomic mass is 32.1. The Bertz CT molecular complexity index is 836. The van der Waals surface area contributed by atoms with Gasteiger partial charge in [-0.05, 0) is 36.9 Å². The average molecular weight is 358 g/mol. The second-order valence-corrected chi connectivity index (χ2v) is 6.70. The normalized spacial score (nSPS) is 17.0. The van der Waals surface area contributed by atoms with Crippen molar-refractivity contribution in [2.75, 3.05) is 0 Å². The number of carbonyl (C=O) groups is 2. The molecule has 1 aliphatic heterocycles. The van der Waals surface area contributed by atoms with Gasteiger partial charge in [0, 0.05) is 10.5 Å². The van der Waals surface area contributed by atoms with Crippen molar-refractivity contribution in [3.8, 4) is 17.2 Å². The van der Waals surface area contributed by atoms with Crippen molar-refractivity contribution in [1.82, 2.24) is 0 Å². The van der Waals surface area contributed by atoms with Gasteiger partial charge in [-0.3, -0.25) is 4.79 Å². The first-order valence-electron chi connectivity index (χ1n) is 7.99. The lowest BCUT2D eigenvalue weighted by Crippen LogP contribution is -2.21. The molecule has 0 saturated carbocycles. The summed E-state index contributed by atoms with van der Waals surface area (Å²) in [6, 6.07) is 6.60. The fraction of sp³-hybridized carbons (Fsp3) is 0.263. The van der Waals surface area contributed by atoms with Crippen molar-refractivity contribution >= 4 is 23.1 Å². The minimum atomic E-state index is -0.583. The highest BCUT2D eigenvalue weighted by Crippen LogP contribution is 2.46. The number of ether oxygens (including phenoxy) is 2. The number of esters is 1. The third-order valence-corrected chi connectivity index (χ3v) is 4.87. The fourth-order valence-electron chi connectivity index (χ4n) is 2.65. The summed E-state index contributed by atoms with van der Waals surface area (Å²) in [5, 5.41) is 12.0. The molecular formula is C19H18O5S. The summed E-state index contributed by atoms with van der Waals surface area (Å²) in [6.45, 7) is 3.55. The number of benzene rings is 1. The summed E-state index contributed by atoms with van der Waals surface area (Å²) in [4.78, 5) is 25.6. The smallest absolute Gasteiger partial charge is 0.339 e. The van der Waals surface area contributed by atoms with E-state index in [1.54, 1.807) is 13.0 Å². The molecule has 0 saturated heterocycles. The molecule has 130 valence electrons. The zero-order valence-corrected chi connectivity index (χ0v) is 14.8. The lowest BCUT2D eigenvalue weighted by Gasteiger charge is -2.26. The van der Waals surface area contributed by atoms with E-state index in [0.29, 0.717) is 17.6 Å². The molecule has 0 bridgehead atoms. The Morgan fingerprint density at radius 1 is 1.44 bits per heavy atom. The quantitative estimate of drug-likeness (QED) is 0.497. The van der Waals surface area contributed by atoms with Gasteiger partial charge >= 0.3 is 5.97 Å². The van der Waals surface area contributed by atoms with Gasteiger partial charge in [-0.2, -0.15) is 0 Å². The van der Waals surface area contributed by atoms with E-state index in [1.807, 2.05) is 24.4 Å². The number of rotatable bonds is 4. The predicted octanol–water partition coefficient (Wildman–Crippen LogP) is 4.42. The van der Waals surface area contributed by atoms with Crippen LogP contribution < -0.4 is 9.47 Å². The summed E-state index contributed by atoms with van der Waals surface area (Å²) in [5.74, 6) is -0.929. The van der Waals surface area contributed by atoms with Crippen LogP contribution in [0, 0.1) is 0 Å². The lowest BCUT2D eigenvalue weighted by atomic mass is 9.99. The van der Waals surface area contributed by atoms with Crippen molar-refractivity contribution in [2.45, 2.75) is 32.8 Å². The number of allylic oxidation sites excluding steroid dienone is 1. The van der Waals surface area contributed by atoms with Crippen LogP contribution in [0.1, 0.15) is 48.0 Å². The monoisotopic (exact) mass is 358 g/mol. The van der Waals surface area contributed by atoms with Gasteiger partial charge in [-0.1, -0.05) is 19.1 Å². The van der Waals surface area contributed by atoms with Crippen LogP contribution in [0.15, 0.2) is 41.3 Å². The number of hydrogen-bond donors (Lipinski definition) is 1. The van der Waals surface area contributed by atoms with Crippen LogP contribution in [0.5, 0.6) is 17.2 Å². The number of thiophene rings is 1. The lowest BCUT2D eigenvalue weighted by molar-refractivity contribution is -0.130. The topological polar surface area (TPSA) is 72.8 Å². The highest BCUT2D eigenvalue weighted by molar-refractivity contribution is 7.10. The number of hydrogen-bond acceptors (Lipinski definition) is 6. The van der Waals surface area contributed by atoms with E-state index in [4.69, 9.17) is 9.47 Å². The van der Waals surface area contributed by atoms with Gasteiger partial charge in [0.05, 0.1) is 12.0 Å². The molecule has 0 spiro atoms. The number of phenols is 1. The molecule has 1 aromatic carbocycles. The first kappa shape index (κ1) is 17.2. The van der Waals surface area contributed by atoms with Gasteiger partial charge < -0.3 is 14.6 Å². The molecule has 2 heterocycles. The molecule has 1 aromatic heterocycles.